The van der Waals surface area contributed by atoms with Crippen molar-refractivity contribution in [2.45, 2.75) is 32.6 Å². The largest absolute Gasteiger partial charge is 0.481 e. The number of benzene rings is 3. The Morgan fingerprint density at radius 1 is 1.04 bits per heavy atom. The first kappa shape index (κ1) is 19.9. The summed E-state index contributed by atoms with van der Waals surface area (Å²) in [7, 11) is 0. The van der Waals surface area contributed by atoms with E-state index in [2.05, 4.69) is 54.3 Å². The van der Waals surface area contributed by atoms with Crippen LogP contribution in [0, 0.1) is 5.82 Å². The van der Waals surface area contributed by atoms with Crippen LogP contribution in [0.15, 0.2) is 60.7 Å². The molecule has 0 saturated heterocycles. The average molecular weight is 379 g/mol. The van der Waals surface area contributed by atoms with Gasteiger partial charge in [-0.2, -0.15) is 0 Å². The molecule has 3 aromatic carbocycles. The van der Waals surface area contributed by atoms with Gasteiger partial charge >= 0.3 is 5.97 Å². The predicted molar refractivity (Wildman–Crippen MR) is 113 cm³/mol. The minimum atomic E-state index is -0.906. The molecule has 1 N–H and O–H groups in total. The van der Waals surface area contributed by atoms with E-state index in [1.54, 1.807) is 12.1 Å². The van der Waals surface area contributed by atoms with Gasteiger partial charge < -0.3 is 10.0 Å². The van der Waals surface area contributed by atoms with E-state index in [1.165, 1.54) is 16.5 Å². The van der Waals surface area contributed by atoms with Gasteiger partial charge in [-0.05, 0) is 54.8 Å². The third kappa shape index (κ3) is 4.89. The quantitative estimate of drug-likeness (QED) is 0.537. The van der Waals surface area contributed by atoms with E-state index in [0.717, 1.165) is 31.5 Å². The first-order chi connectivity index (χ1) is 13.6. The molecule has 0 radical (unpaired) electrons. The van der Waals surface area contributed by atoms with Crippen LogP contribution >= 0.6 is 0 Å². The van der Waals surface area contributed by atoms with Gasteiger partial charge in [0.05, 0.1) is 0 Å². The molecular formula is C24H26FNO2. The number of rotatable bonds is 9. The molecule has 0 aliphatic carbocycles. The van der Waals surface area contributed by atoms with E-state index in [4.69, 9.17) is 5.11 Å². The van der Waals surface area contributed by atoms with Crippen LogP contribution in [0.25, 0.3) is 10.8 Å². The van der Waals surface area contributed by atoms with E-state index in [0.29, 0.717) is 5.56 Å². The van der Waals surface area contributed by atoms with Crippen molar-refractivity contribution < 1.29 is 14.3 Å². The van der Waals surface area contributed by atoms with Crippen LogP contribution in [0.5, 0.6) is 0 Å². The Bertz CT molecular complexity index is 949. The van der Waals surface area contributed by atoms with Gasteiger partial charge in [0.1, 0.15) is 5.82 Å². The lowest BCUT2D eigenvalue weighted by atomic mass is 10.0. The molecule has 0 fully saturated rings. The summed E-state index contributed by atoms with van der Waals surface area (Å²) in [6.07, 6.45) is 1.89. The highest BCUT2D eigenvalue weighted by Gasteiger charge is 2.09. The second kappa shape index (κ2) is 9.36. The monoisotopic (exact) mass is 379 g/mol. The normalized spacial score (nSPS) is 10.9. The molecule has 3 nitrogen and oxygen atoms in total. The molecule has 3 aromatic rings. The molecule has 28 heavy (non-hydrogen) atoms. The lowest BCUT2D eigenvalue weighted by Gasteiger charge is -2.25. The Balaban J connectivity index is 1.63. The van der Waals surface area contributed by atoms with Gasteiger partial charge in [0, 0.05) is 30.6 Å². The Kier molecular flexibility index (Phi) is 6.64. The first-order valence-corrected chi connectivity index (χ1v) is 9.80. The third-order valence-corrected chi connectivity index (χ3v) is 5.11. The van der Waals surface area contributed by atoms with E-state index >= 15 is 0 Å². The second-order valence-electron chi connectivity index (χ2n) is 7.00. The van der Waals surface area contributed by atoms with Crippen LogP contribution in [-0.4, -0.2) is 24.2 Å². The molecule has 0 heterocycles. The standard InChI is InChI=1S/C24H26FNO2/c1-2-26(23-11-5-9-19-8-3-4-10-21(19)23)16-6-7-18-12-13-20(22(25)17-18)14-15-24(27)28/h3-5,8-13,17H,2,6-7,14-16H2,1H3,(H,27,28). The van der Waals surface area contributed by atoms with E-state index in [-0.39, 0.29) is 18.7 Å². The molecule has 0 aliphatic rings. The smallest absolute Gasteiger partial charge is 0.303 e. The van der Waals surface area contributed by atoms with Crippen molar-refractivity contribution in [1.82, 2.24) is 0 Å². The lowest BCUT2D eigenvalue weighted by Crippen LogP contribution is -2.24. The third-order valence-electron chi connectivity index (χ3n) is 5.11. The van der Waals surface area contributed by atoms with Gasteiger partial charge in [-0.25, -0.2) is 4.39 Å². The van der Waals surface area contributed by atoms with Gasteiger partial charge in [0.2, 0.25) is 0 Å². The number of hydrogen-bond acceptors (Lipinski definition) is 2. The summed E-state index contributed by atoms with van der Waals surface area (Å²) >= 11 is 0. The molecule has 0 bridgehead atoms. The van der Waals surface area contributed by atoms with Crippen molar-refractivity contribution in [3.63, 3.8) is 0 Å². The van der Waals surface area contributed by atoms with Gasteiger partial charge in [-0.3, -0.25) is 4.79 Å². The van der Waals surface area contributed by atoms with Gasteiger partial charge in [0.25, 0.3) is 0 Å². The summed E-state index contributed by atoms with van der Waals surface area (Å²) in [5.41, 5.74) is 2.65. The molecule has 0 spiro atoms. The average Bonchev–Trinajstić information content (AvgIpc) is 2.70. The van der Waals surface area contributed by atoms with E-state index in [1.807, 2.05) is 6.07 Å². The summed E-state index contributed by atoms with van der Waals surface area (Å²) < 4.78 is 14.2. The minimum absolute atomic E-state index is 0.0489. The molecule has 146 valence electrons. The highest BCUT2D eigenvalue weighted by molar-refractivity contribution is 5.94. The molecular weight excluding hydrogens is 353 g/mol. The summed E-state index contributed by atoms with van der Waals surface area (Å²) in [6.45, 7) is 3.96. The summed E-state index contributed by atoms with van der Waals surface area (Å²) in [6, 6.07) is 19.9. The van der Waals surface area contributed by atoms with Crippen molar-refractivity contribution in [3.05, 3.63) is 77.6 Å². The van der Waals surface area contributed by atoms with Gasteiger partial charge in [-0.15, -0.1) is 0 Å². The topological polar surface area (TPSA) is 40.5 Å². The number of fused-ring (bicyclic) bond motifs is 1. The van der Waals surface area contributed by atoms with Crippen LogP contribution in [0.3, 0.4) is 0 Å². The predicted octanol–water partition coefficient (Wildman–Crippen LogP) is 5.46. The number of anilines is 1. The van der Waals surface area contributed by atoms with E-state index < -0.39 is 5.97 Å². The Morgan fingerprint density at radius 2 is 1.82 bits per heavy atom. The number of halogens is 1. The van der Waals surface area contributed by atoms with Crippen molar-refractivity contribution in [2.24, 2.45) is 0 Å². The van der Waals surface area contributed by atoms with Crippen LogP contribution in [0.4, 0.5) is 10.1 Å². The number of hydrogen-bond donors (Lipinski definition) is 1. The highest BCUT2D eigenvalue weighted by atomic mass is 19.1. The van der Waals surface area contributed by atoms with Crippen LogP contribution in [0.2, 0.25) is 0 Å². The zero-order chi connectivity index (χ0) is 19.9. The molecule has 0 aromatic heterocycles. The Morgan fingerprint density at radius 3 is 2.57 bits per heavy atom. The maximum atomic E-state index is 14.2. The van der Waals surface area contributed by atoms with E-state index in [9.17, 15) is 9.18 Å². The van der Waals surface area contributed by atoms with Crippen LogP contribution in [-0.2, 0) is 17.6 Å². The number of carboxylic acids is 1. The zero-order valence-electron chi connectivity index (χ0n) is 16.2. The van der Waals surface area contributed by atoms with Gasteiger partial charge in [0.15, 0.2) is 0 Å². The maximum absolute atomic E-state index is 14.2. The lowest BCUT2D eigenvalue weighted by molar-refractivity contribution is -0.136. The molecule has 0 atom stereocenters. The molecule has 0 saturated carbocycles. The maximum Gasteiger partial charge on any atom is 0.303 e. The van der Waals surface area contributed by atoms with Gasteiger partial charge in [-0.1, -0.05) is 48.5 Å². The number of aliphatic carboxylic acids is 1. The summed E-state index contributed by atoms with van der Waals surface area (Å²) in [4.78, 5) is 13.0. The number of carboxylic acid groups (broad SMARTS) is 1. The van der Waals surface area contributed by atoms with Crippen LogP contribution in [0.1, 0.15) is 30.9 Å². The SMILES string of the molecule is CCN(CCCc1ccc(CCC(=O)O)c(F)c1)c1cccc2ccccc12. The number of aryl methyl sites for hydroxylation is 2. The van der Waals surface area contributed by atoms with Crippen molar-refractivity contribution >= 4 is 22.4 Å². The minimum Gasteiger partial charge on any atom is -0.481 e. The Labute approximate surface area is 165 Å². The second-order valence-corrected chi connectivity index (χ2v) is 7.00. The molecule has 4 heteroatoms. The van der Waals surface area contributed by atoms with Crippen LogP contribution < -0.4 is 4.90 Å². The molecule has 3 rings (SSSR count). The fraction of sp³-hybridized carbons (Fsp3) is 0.292. The van der Waals surface area contributed by atoms with Crippen molar-refractivity contribution in [3.8, 4) is 0 Å². The first-order valence-electron chi connectivity index (χ1n) is 9.80. The Hall–Kier alpha value is -2.88. The fourth-order valence-corrected chi connectivity index (χ4v) is 3.60. The molecule has 0 unspecified atom stereocenters. The number of carbonyl (C=O) groups is 1. The molecule has 0 aliphatic heterocycles. The molecule has 0 amide bonds. The fourth-order valence-electron chi connectivity index (χ4n) is 3.60. The number of nitrogens with zero attached hydrogens (tertiary/aromatic N) is 1. The summed E-state index contributed by atoms with van der Waals surface area (Å²) in [5, 5.41) is 11.2. The highest BCUT2D eigenvalue weighted by Crippen LogP contribution is 2.27. The summed E-state index contributed by atoms with van der Waals surface area (Å²) in [5.74, 6) is -1.21. The van der Waals surface area contributed by atoms with Crippen molar-refractivity contribution in [1.29, 1.82) is 0 Å². The zero-order valence-corrected chi connectivity index (χ0v) is 16.2. The van der Waals surface area contributed by atoms with Crippen molar-refractivity contribution in [2.75, 3.05) is 18.0 Å².